The molecule has 0 aliphatic rings. The lowest BCUT2D eigenvalue weighted by Gasteiger charge is -2.26. The molecule has 0 aliphatic carbocycles. The van der Waals surface area contributed by atoms with E-state index in [9.17, 15) is 0 Å². The summed E-state index contributed by atoms with van der Waals surface area (Å²) < 4.78 is 15.8. The van der Waals surface area contributed by atoms with Gasteiger partial charge in [0.25, 0.3) is 0 Å². The van der Waals surface area contributed by atoms with Crippen LogP contribution in [0.2, 0.25) is 0 Å². The van der Waals surface area contributed by atoms with Crippen molar-refractivity contribution in [2.45, 2.75) is 13.8 Å². The summed E-state index contributed by atoms with van der Waals surface area (Å²) in [6.07, 6.45) is 0. The van der Waals surface area contributed by atoms with Crippen LogP contribution >= 0.6 is 0 Å². The molecule has 0 radical (unpaired) electrons. The topological polar surface area (TPSA) is 37.2 Å². The van der Waals surface area contributed by atoms with Crippen LogP contribution in [0.15, 0.2) is 209 Å². The van der Waals surface area contributed by atoms with Gasteiger partial charge in [-0.1, -0.05) is 126 Å². The van der Waals surface area contributed by atoms with Crippen molar-refractivity contribution in [3.63, 3.8) is 0 Å². The Hall–Kier alpha value is -8.54. The fraction of sp³-hybridized carbons (Fsp3) is 0.0333. The first-order valence-corrected chi connectivity index (χ1v) is 22.2. The van der Waals surface area contributed by atoms with Gasteiger partial charge in [0.15, 0.2) is 11.2 Å². The Bertz CT molecular complexity index is 4030. The molecule has 0 fully saturated rings. The molecule has 0 atom stereocenters. The van der Waals surface area contributed by atoms with Gasteiger partial charge in [0.1, 0.15) is 11.2 Å². The van der Waals surface area contributed by atoms with E-state index in [4.69, 9.17) is 8.83 Å². The molecule has 10 aromatic carbocycles. The third-order valence-electron chi connectivity index (χ3n) is 13.6. The molecule has 5 heteroatoms. The lowest BCUT2D eigenvalue weighted by atomic mass is 9.99. The van der Waals surface area contributed by atoms with E-state index >= 15 is 0 Å². The average Bonchev–Trinajstić information content (AvgIpc) is 4.10. The second-order valence-electron chi connectivity index (χ2n) is 17.5. The van der Waals surface area contributed by atoms with Crippen molar-refractivity contribution in [2.75, 3.05) is 9.80 Å². The Morgan fingerprint density at radius 1 is 0.354 bits per heavy atom. The zero-order chi connectivity index (χ0) is 42.9. The molecule has 14 aromatic rings. The number of nitrogens with zero attached hydrogens (tertiary/aromatic N) is 3. The largest absolute Gasteiger partial charge is 0.454 e. The zero-order valence-corrected chi connectivity index (χ0v) is 35.7. The summed E-state index contributed by atoms with van der Waals surface area (Å²) in [6.45, 7) is 4.27. The third-order valence-corrected chi connectivity index (χ3v) is 13.6. The highest BCUT2D eigenvalue weighted by atomic mass is 16.3. The van der Waals surface area contributed by atoms with E-state index < -0.39 is 0 Å². The third kappa shape index (κ3) is 5.21. The molecule has 0 saturated carbocycles. The van der Waals surface area contributed by atoms with E-state index in [1.807, 2.05) is 12.1 Å². The molecule has 0 amide bonds. The Kier molecular flexibility index (Phi) is 7.47. The molecule has 65 heavy (non-hydrogen) atoms. The number of fused-ring (bicyclic) bond motifs is 14. The van der Waals surface area contributed by atoms with Crippen LogP contribution in [0.5, 0.6) is 0 Å². The summed E-state index contributed by atoms with van der Waals surface area (Å²) in [6, 6.07) is 72.3. The number of benzene rings is 10. The van der Waals surface area contributed by atoms with Crippen LogP contribution in [0.3, 0.4) is 0 Å². The minimum atomic E-state index is 0.866. The smallest absolute Gasteiger partial charge is 0.159 e. The molecule has 4 aromatic heterocycles. The van der Waals surface area contributed by atoms with Crippen LogP contribution in [0.4, 0.5) is 34.1 Å². The van der Waals surface area contributed by atoms with Crippen LogP contribution in [-0.4, -0.2) is 4.40 Å². The van der Waals surface area contributed by atoms with Crippen molar-refractivity contribution in [1.29, 1.82) is 0 Å². The molecule has 306 valence electrons. The number of rotatable bonds is 6. The Morgan fingerprint density at radius 3 is 1.48 bits per heavy atom. The van der Waals surface area contributed by atoms with Gasteiger partial charge in [-0.2, -0.15) is 0 Å². The maximum absolute atomic E-state index is 6.68. The first-order chi connectivity index (χ1) is 32.1. The maximum atomic E-state index is 6.68. The van der Waals surface area contributed by atoms with Crippen LogP contribution in [-0.2, 0) is 0 Å². The Morgan fingerprint density at radius 2 is 0.862 bits per heavy atom. The highest BCUT2D eigenvalue weighted by Gasteiger charge is 2.25. The summed E-state index contributed by atoms with van der Waals surface area (Å²) >= 11 is 0. The van der Waals surface area contributed by atoms with Gasteiger partial charge < -0.3 is 23.0 Å². The van der Waals surface area contributed by atoms with Gasteiger partial charge in [-0.15, -0.1) is 0 Å². The van der Waals surface area contributed by atoms with E-state index in [1.54, 1.807) is 0 Å². The number of para-hydroxylation sites is 5. The van der Waals surface area contributed by atoms with Crippen molar-refractivity contribution in [2.24, 2.45) is 0 Å². The molecule has 0 spiro atoms. The maximum Gasteiger partial charge on any atom is 0.159 e. The summed E-state index contributed by atoms with van der Waals surface area (Å²) in [5.41, 5.74) is 15.7. The van der Waals surface area contributed by atoms with Crippen LogP contribution in [0.1, 0.15) is 11.1 Å². The van der Waals surface area contributed by atoms with Gasteiger partial charge in [0.2, 0.25) is 0 Å². The molecular formula is C60H39N3O2. The van der Waals surface area contributed by atoms with Gasteiger partial charge >= 0.3 is 0 Å². The van der Waals surface area contributed by atoms with Crippen LogP contribution in [0.25, 0.3) is 92.7 Å². The summed E-state index contributed by atoms with van der Waals surface area (Å²) in [5.74, 6) is 0. The predicted molar refractivity (Wildman–Crippen MR) is 272 cm³/mol. The predicted octanol–water partition coefficient (Wildman–Crippen LogP) is 17.3. The van der Waals surface area contributed by atoms with Crippen molar-refractivity contribution in [1.82, 2.24) is 4.40 Å². The summed E-state index contributed by atoms with van der Waals surface area (Å²) in [5, 5.41) is 11.8. The number of furan rings is 2. The monoisotopic (exact) mass is 833 g/mol. The second kappa shape index (κ2) is 13.5. The number of aromatic nitrogens is 1. The normalized spacial score (nSPS) is 12.2. The first-order valence-electron chi connectivity index (χ1n) is 22.2. The summed E-state index contributed by atoms with van der Waals surface area (Å²) in [4.78, 5) is 4.70. The van der Waals surface area contributed by atoms with E-state index in [2.05, 4.69) is 216 Å². The summed E-state index contributed by atoms with van der Waals surface area (Å²) in [7, 11) is 0. The van der Waals surface area contributed by atoms with Crippen LogP contribution in [0, 0.1) is 13.8 Å². The first kappa shape index (κ1) is 36.0. The van der Waals surface area contributed by atoms with Crippen LogP contribution < -0.4 is 9.80 Å². The quantitative estimate of drug-likeness (QED) is 0.167. The fourth-order valence-corrected chi connectivity index (χ4v) is 10.6. The molecule has 0 aliphatic heterocycles. The molecule has 5 nitrogen and oxygen atoms in total. The second-order valence-corrected chi connectivity index (χ2v) is 17.5. The lowest BCUT2D eigenvalue weighted by Crippen LogP contribution is -2.10. The fourth-order valence-electron chi connectivity index (χ4n) is 10.6. The number of aryl methyl sites for hydroxylation is 2. The Labute approximate surface area is 373 Å². The van der Waals surface area contributed by atoms with Gasteiger partial charge in [-0.25, -0.2) is 0 Å². The van der Waals surface area contributed by atoms with Crippen molar-refractivity contribution >= 4 is 127 Å². The molecule has 0 unspecified atom stereocenters. The highest BCUT2D eigenvalue weighted by molar-refractivity contribution is 6.32. The Balaban J connectivity index is 1.02. The number of anilines is 6. The SMILES string of the molecule is Cc1ccc(N(c2ccc3cc4c5ccc(N(c6ccc(C)cc6)c6cccc7c6oc6ccccc67)cc5n5c6ccccc6c(c3c2)c45)c2cccc3c2oc2ccccc23)cc1. The van der Waals surface area contributed by atoms with Gasteiger partial charge in [-0.3, -0.25) is 0 Å². The minimum Gasteiger partial charge on any atom is -0.454 e. The molecule has 4 heterocycles. The number of hydrogen-bond donors (Lipinski definition) is 0. The van der Waals surface area contributed by atoms with E-state index in [0.29, 0.717) is 0 Å². The van der Waals surface area contributed by atoms with Gasteiger partial charge in [0.05, 0.1) is 27.9 Å². The molecule has 0 saturated heterocycles. The van der Waals surface area contributed by atoms with E-state index in [-0.39, 0.29) is 0 Å². The highest BCUT2D eigenvalue weighted by Crippen LogP contribution is 2.49. The van der Waals surface area contributed by atoms with Gasteiger partial charge in [-0.05, 0) is 110 Å². The van der Waals surface area contributed by atoms with E-state index in [0.717, 1.165) is 83.5 Å². The van der Waals surface area contributed by atoms with Crippen molar-refractivity contribution in [3.05, 3.63) is 211 Å². The molecule has 0 bridgehead atoms. The lowest BCUT2D eigenvalue weighted by molar-refractivity contribution is 0.668. The van der Waals surface area contributed by atoms with Crippen molar-refractivity contribution in [3.8, 4) is 0 Å². The molecule has 0 N–H and O–H groups in total. The van der Waals surface area contributed by atoms with Gasteiger partial charge in [0, 0.05) is 65.8 Å². The standard InChI is InChI=1S/C60H39N3O2/c1-36-21-26-39(27-22-36)61(52-17-9-14-46-44-11-4-7-19-55(44)64-59(46)52)41-30-25-38-33-50-43-32-31-42(35-54(43)63-51-16-6-3-13-48(51)57(58(50)63)49(38)34-41)62(40-28-23-37(2)24-29-40)53-18-10-15-47-45-12-5-8-20-56(45)65-60(47)53/h3-35H,1-2H3. The average molecular weight is 834 g/mol. The molecule has 14 rings (SSSR count). The van der Waals surface area contributed by atoms with E-state index in [1.165, 1.54) is 54.5 Å². The van der Waals surface area contributed by atoms with Crippen molar-refractivity contribution < 1.29 is 8.83 Å². The number of hydrogen-bond acceptors (Lipinski definition) is 4. The minimum absolute atomic E-state index is 0.866. The zero-order valence-electron chi connectivity index (χ0n) is 35.7. The molecular weight excluding hydrogens is 795 g/mol.